The van der Waals surface area contributed by atoms with Gasteiger partial charge in [0.1, 0.15) is 0 Å². The number of fused-ring (bicyclic) bond motifs is 1. The van der Waals surface area contributed by atoms with Crippen LogP contribution in [0.25, 0.3) is 21.5 Å². The first-order chi connectivity index (χ1) is 12.3. The topological polar surface area (TPSA) is 57.0 Å². The number of nitrogens with zero attached hydrogens (tertiary/aromatic N) is 3. The second-order valence-electron chi connectivity index (χ2n) is 5.41. The molecule has 5 nitrogen and oxygen atoms in total. The lowest BCUT2D eigenvalue weighted by atomic mass is 10.1. The molecule has 0 unspecified atom stereocenters. The Morgan fingerprint density at radius 2 is 1.96 bits per heavy atom. The lowest BCUT2D eigenvalue weighted by Crippen LogP contribution is -2.15. The molecule has 0 saturated carbocycles. The zero-order valence-electron chi connectivity index (χ0n) is 13.5. The van der Waals surface area contributed by atoms with Crippen molar-refractivity contribution < 1.29 is 9.53 Å². The summed E-state index contributed by atoms with van der Waals surface area (Å²) in [6.07, 6.45) is 0. The van der Waals surface area contributed by atoms with Crippen molar-refractivity contribution in [1.82, 2.24) is 14.8 Å². The molecule has 0 aliphatic heterocycles. The Morgan fingerprint density at radius 3 is 2.72 bits per heavy atom. The van der Waals surface area contributed by atoms with E-state index in [1.165, 1.54) is 16.0 Å². The van der Waals surface area contributed by atoms with Crippen LogP contribution in [0.4, 0.5) is 0 Å². The van der Waals surface area contributed by atoms with Crippen molar-refractivity contribution in [2.75, 3.05) is 6.61 Å². The predicted molar refractivity (Wildman–Crippen MR) is 98.2 cm³/mol. The van der Waals surface area contributed by atoms with E-state index in [1.54, 1.807) is 0 Å². The molecule has 2 aromatic carbocycles. The quantitative estimate of drug-likeness (QED) is 0.553. The summed E-state index contributed by atoms with van der Waals surface area (Å²) < 4.78 is 6.71. The van der Waals surface area contributed by atoms with Crippen molar-refractivity contribution in [2.24, 2.45) is 0 Å². The van der Waals surface area contributed by atoms with Crippen LogP contribution in [0.2, 0.25) is 0 Å². The van der Waals surface area contributed by atoms with Gasteiger partial charge in [0, 0.05) is 5.56 Å². The molecule has 0 aliphatic rings. The number of aromatic nitrogens is 3. The molecular formula is C19H15N3O2S. The molecular weight excluding hydrogens is 334 g/mol. The van der Waals surface area contributed by atoms with Gasteiger partial charge >= 0.3 is 6.01 Å². The zero-order chi connectivity index (χ0) is 17.2. The van der Waals surface area contributed by atoms with Crippen molar-refractivity contribution in [3.63, 3.8) is 0 Å². The summed E-state index contributed by atoms with van der Waals surface area (Å²) in [4.78, 5) is 18.3. The molecule has 0 aliphatic carbocycles. The van der Waals surface area contributed by atoms with E-state index in [2.05, 4.69) is 10.1 Å². The van der Waals surface area contributed by atoms with E-state index in [4.69, 9.17) is 4.74 Å². The Balaban J connectivity index is 1.80. The number of ether oxygens (including phenoxy) is 1. The van der Waals surface area contributed by atoms with Crippen molar-refractivity contribution >= 4 is 28.0 Å². The highest BCUT2D eigenvalue weighted by Crippen LogP contribution is 2.26. The van der Waals surface area contributed by atoms with Crippen LogP contribution in [0.15, 0.2) is 60.0 Å². The molecule has 0 atom stereocenters. The van der Waals surface area contributed by atoms with Crippen molar-refractivity contribution in [3.05, 3.63) is 65.5 Å². The van der Waals surface area contributed by atoms with Gasteiger partial charge in [-0.15, -0.1) is 16.4 Å². The third kappa shape index (κ3) is 2.92. The Hall–Kier alpha value is -2.99. The molecule has 2 aromatic heterocycles. The molecule has 4 aromatic rings. The van der Waals surface area contributed by atoms with Crippen LogP contribution in [0.3, 0.4) is 0 Å². The van der Waals surface area contributed by atoms with Gasteiger partial charge in [-0.3, -0.25) is 4.79 Å². The number of hydrogen-bond donors (Lipinski definition) is 0. The van der Waals surface area contributed by atoms with Gasteiger partial charge in [-0.2, -0.15) is 9.67 Å². The minimum absolute atomic E-state index is 0.208. The average molecular weight is 349 g/mol. The van der Waals surface area contributed by atoms with E-state index >= 15 is 0 Å². The van der Waals surface area contributed by atoms with E-state index < -0.39 is 0 Å². The summed E-state index contributed by atoms with van der Waals surface area (Å²) in [7, 11) is 0. The van der Waals surface area contributed by atoms with Crippen LogP contribution in [0.5, 0.6) is 6.01 Å². The van der Waals surface area contributed by atoms with Crippen molar-refractivity contribution in [1.29, 1.82) is 0 Å². The van der Waals surface area contributed by atoms with Crippen LogP contribution in [-0.4, -0.2) is 27.3 Å². The predicted octanol–water partition coefficient (Wildman–Crippen LogP) is 4.25. The van der Waals surface area contributed by atoms with E-state index in [9.17, 15) is 4.79 Å². The number of carbonyl (C=O) groups excluding carboxylic acids is 1. The zero-order valence-corrected chi connectivity index (χ0v) is 14.4. The second-order valence-corrected chi connectivity index (χ2v) is 6.35. The standard InChI is InChI=1S/C19H15N3O2S/c1-2-24-19-20-17(16-8-5-11-25-16)22(21-19)18(23)15-10-9-13-6-3-4-7-14(13)12-15/h3-12H,2H2,1H3. The number of hydrogen-bond acceptors (Lipinski definition) is 5. The highest BCUT2D eigenvalue weighted by Gasteiger charge is 2.20. The number of thiophene rings is 1. The molecule has 6 heteroatoms. The second kappa shape index (κ2) is 6.49. The molecule has 0 N–H and O–H groups in total. The molecule has 0 fully saturated rings. The summed E-state index contributed by atoms with van der Waals surface area (Å²) in [5.41, 5.74) is 0.560. The number of rotatable bonds is 4. The van der Waals surface area contributed by atoms with Gasteiger partial charge < -0.3 is 4.74 Å². The summed E-state index contributed by atoms with van der Waals surface area (Å²) in [5, 5.41) is 8.29. The van der Waals surface area contributed by atoms with Gasteiger partial charge in [0.05, 0.1) is 11.5 Å². The van der Waals surface area contributed by atoms with Gasteiger partial charge in [0.15, 0.2) is 5.82 Å². The summed E-state index contributed by atoms with van der Waals surface area (Å²) in [5.74, 6) is 0.268. The number of carbonyl (C=O) groups is 1. The SMILES string of the molecule is CCOc1nc(-c2cccs2)n(C(=O)c2ccc3ccccc3c2)n1. The molecule has 0 spiro atoms. The maximum atomic E-state index is 13.0. The van der Waals surface area contributed by atoms with E-state index in [-0.39, 0.29) is 11.9 Å². The van der Waals surface area contributed by atoms with Crippen LogP contribution in [0.1, 0.15) is 17.3 Å². The Morgan fingerprint density at radius 1 is 1.12 bits per heavy atom. The molecule has 0 saturated heterocycles. The first-order valence-electron chi connectivity index (χ1n) is 7.93. The minimum atomic E-state index is -0.229. The lowest BCUT2D eigenvalue weighted by Gasteiger charge is -2.05. The summed E-state index contributed by atoms with van der Waals surface area (Å²) in [6, 6.07) is 17.6. The highest BCUT2D eigenvalue weighted by atomic mass is 32.1. The van der Waals surface area contributed by atoms with Crippen LogP contribution in [-0.2, 0) is 0 Å². The first-order valence-corrected chi connectivity index (χ1v) is 8.81. The van der Waals surface area contributed by atoms with Crippen LogP contribution in [0, 0.1) is 0 Å². The molecule has 0 bridgehead atoms. The maximum Gasteiger partial charge on any atom is 0.336 e. The first kappa shape index (κ1) is 15.5. The highest BCUT2D eigenvalue weighted by molar-refractivity contribution is 7.13. The lowest BCUT2D eigenvalue weighted by molar-refractivity contribution is 0.0945. The molecule has 0 amide bonds. The largest absolute Gasteiger partial charge is 0.463 e. The molecule has 124 valence electrons. The molecule has 25 heavy (non-hydrogen) atoms. The smallest absolute Gasteiger partial charge is 0.336 e. The van der Waals surface area contributed by atoms with Crippen molar-refractivity contribution in [2.45, 2.75) is 6.92 Å². The Kier molecular flexibility index (Phi) is 4.03. The van der Waals surface area contributed by atoms with Crippen LogP contribution >= 0.6 is 11.3 Å². The van der Waals surface area contributed by atoms with Crippen molar-refractivity contribution in [3.8, 4) is 16.7 Å². The van der Waals surface area contributed by atoms with Gasteiger partial charge in [0.25, 0.3) is 5.91 Å². The maximum absolute atomic E-state index is 13.0. The fourth-order valence-electron chi connectivity index (χ4n) is 2.63. The van der Waals surface area contributed by atoms with E-state index in [1.807, 2.05) is 66.9 Å². The van der Waals surface area contributed by atoms with E-state index in [0.29, 0.717) is 18.0 Å². The molecule has 0 radical (unpaired) electrons. The third-order valence-corrected chi connectivity index (χ3v) is 4.66. The fraction of sp³-hybridized carbons (Fsp3) is 0.105. The van der Waals surface area contributed by atoms with Gasteiger partial charge in [0.2, 0.25) is 0 Å². The monoisotopic (exact) mass is 349 g/mol. The van der Waals surface area contributed by atoms with Gasteiger partial charge in [-0.25, -0.2) is 0 Å². The molecule has 2 heterocycles. The fourth-order valence-corrected chi connectivity index (χ4v) is 3.33. The third-order valence-electron chi connectivity index (χ3n) is 3.79. The Bertz CT molecular complexity index is 1040. The normalized spacial score (nSPS) is 10.9. The average Bonchev–Trinajstić information content (AvgIpc) is 3.30. The minimum Gasteiger partial charge on any atom is -0.463 e. The summed E-state index contributed by atoms with van der Waals surface area (Å²) >= 11 is 1.51. The number of benzene rings is 2. The van der Waals surface area contributed by atoms with E-state index in [0.717, 1.165) is 15.6 Å². The Labute approximate surface area is 148 Å². The van der Waals surface area contributed by atoms with Crippen LogP contribution < -0.4 is 4.74 Å². The molecule has 4 rings (SSSR count). The summed E-state index contributed by atoms with van der Waals surface area (Å²) in [6.45, 7) is 2.30. The van der Waals surface area contributed by atoms with Gasteiger partial charge in [-0.1, -0.05) is 36.4 Å². The van der Waals surface area contributed by atoms with Gasteiger partial charge in [-0.05, 0) is 41.3 Å².